The first kappa shape index (κ1) is 14.8. The molecule has 1 aromatic rings. The molecule has 106 valence electrons. The number of hydrogen-bond acceptors (Lipinski definition) is 3. The lowest BCUT2D eigenvalue weighted by molar-refractivity contribution is 0.105. The first-order valence-electron chi connectivity index (χ1n) is 6.38. The summed E-state index contributed by atoms with van der Waals surface area (Å²) in [4.78, 5) is 0. The van der Waals surface area contributed by atoms with Gasteiger partial charge in [-0.3, -0.25) is 0 Å². The molecule has 1 aliphatic heterocycles. The van der Waals surface area contributed by atoms with E-state index in [-0.39, 0.29) is 11.9 Å². The fourth-order valence-corrected chi connectivity index (χ4v) is 3.39. The molecular weight excluding hydrogens is 286 g/mol. The number of benzene rings is 1. The Bertz CT molecular complexity index is 495. The predicted octanol–water partition coefficient (Wildman–Crippen LogP) is 2.33. The summed E-state index contributed by atoms with van der Waals surface area (Å²) in [6, 6.07) is 6.83. The molecule has 1 aromatic carbocycles. The summed E-state index contributed by atoms with van der Waals surface area (Å²) in [6.45, 7) is 1.22. The van der Waals surface area contributed by atoms with Gasteiger partial charge in [0.2, 0.25) is 10.0 Å². The van der Waals surface area contributed by atoms with E-state index in [4.69, 9.17) is 16.3 Å². The van der Waals surface area contributed by atoms with Gasteiger partial charge >= 0.3 is 0 Å². The maximum absolute atomic E-state index is 11.9. The average Bonchev–Trinajstić information content (AvgIpc) is 2.85. The van der Waals surface area contributed by atoms with E-state index >= 15 is 0 Å². The summed E-state index contributed by atoms with van der Waals surface area (Å²) < 4.78 is 31.8. The molecule has 0 aliphatic carbocycles. The molecular formula is C13H18ClNO3S. The van der Waals surface area contributed by atoms with Gasteiger partial charge < -0.3 is 4.74 Å². The topological polar surface area (TPSA) is 55.4 Å². The minimum absolute atomic E-state index is 0.0182. The first-order chi connectivity index (χ1) is 9.05. The van der Waals surface area contributed by atoms with Gasteiger partial charge in [0, 0.05) is 18.2 Å². The largest absolute Gasteiger partial charge is 0.378 e. The lowest BCUT2D eigenvalue weighted by Crippen LogP contribution is -2.28. The van der Waals surface area contributed by atoms with Gasteiger partial charge in [-0.15, -0.1) is 0 Å². The maximum Gasteiger partial charge on any atom is 0.215 e. The van der Waals surface area contributed by atoms with E-state index in [1.807, 2.05) is 0 Å². The lowest BCUT2D eigenvalue weighted by atomic mass is 10.2. The van der Waals surface area contributed by atoms with E-state index in [2.05, 4.69) is 4.72 Å². The molecule has 1 unspecified atom stereocenters. The highest BCUT2D eigenvalue weighted by atomic mass is 35.5. The fourth-order valence-electron chi connectivity index (χ4n) is 2.10. The van der Waals surface area contributed by atoms with Crippen LogP contribution >= 0.6 is 11.6 Å². The molecule has 1 heterocycles. The molecule has 19 heavy (non-hydrogen) atoms. The van der Waals surface area contributed by atoms with Crippen LogP contribution < -0.4 is 4.72 Å². The third-order valence-corrected chi connectivity index (χ3v) is 4.69. The summed E-state index contributed by atoms with van der Waals surface area (Å²) >= 11 is 5.76. The Labute approximate surface area is 119 Å². The summed E-state index contributed by atoms with van der Waals surface area (Å²) in [7, 11) is -3.29. The maximum atomic E-state index is 11.9. The third-order valence-electron chi connectivity index (χ3n) is 3.08. The first-order valence-corrected chi connectivity index (χ1v) is 8.41. The quantitative estimate of drug-likeness (QED) is 0.877. The molecule has 1 atom stereocenters. The molecule has 0 spiro atoms. The van der Waals surface area contributed by atoms with Crippen molar-refractivity contribution in [2.45, 2.75) is 31.1 Å². The van der Waals surface area contributed by atoms with Gasteiger partial charge in [0.05, 0.1) is 11.9 Å². The van der Waals surface area contributed by atoms with Crippen LogP contribution in [-0.4, -0.2) is 27.7 Å². The van der Waals surface area contributed by atoms with Crippen molar-refractivity contribution in [3.63, 3.8) is 0 Å². The number of ether oxygens (including phenoxy) is 1. The molecule has 1 aliphatic rings. The molecule has 0 saturated carbocycles. The summed E-state index contributed by atoms with van der Waals surface area (Å²) in [5, 5.41) is 0.604. The monoisotopic (exact) mass is 303 g/mol. The van der Waals surface area contributed by atoms with Crippen molar-refractivity contribution in [2.24, 2.45) is 0 Å². The Kier molecular flexibility index (Phi) is 5.21. The third kappa shape index (κ3) is 5.10. The van der Waals surface area contributed by atoms with E-state index in [0.717, 1.165) is 31.4 Å². The second-order valence-corrected chi connectivity index (χ2v) is 6.95. The van der Waals surface area contributed by atoms with E-state index in [0.29, 0.717) is 11.6 Å². The predicted molar refractivity (Wildman–Crippen MR) is 75.7 cm³/mol. The molecule has 6 heteroatoms. The molecule has 1 fully saturated rings. The average molecular weight is 304 g/mol. The van der Waals surface area contributed by atoms with Gasteiger partial charge in [-0.05, 0) is 37.0 Å². The molecule has 1 saturated heterocycles. The highest BCUT2D eigenvalue weighted by Crippen LogP contribution is 2.15. The zero-order chi connectivity index (χ0) is 13.7. The van der Waals surface area contributed by atoms with E-state index in [1.165, 1.54) is 0 Å². The number of rotatable bonds is 6. The van der Waals surface area contributed by atoms with Crippen LogP contribution in [-0.2, 0) is 20.5 Å². The summed E-state index contributed by atoms with van der Waals surface area (Å²) in [5.74, 6) is -0.0182. The Morgan fingerprint density at radius 3 is 2.68 bits per heavy atom. The van der Waals surface area contributed by atoms with Crippen LogP contribution in [0.5, 0.6) is 0 Å². The van der Waals surface area contributed by atoms with Crippen LogP contribution in [0.15, 0.2) is 24.3 Å². The second-order valence-electron chi connectivity index (χ2n) is 4.70. The normalized spacial score (nSPS) is 19.7. The second kappa shape index (κ2) is 6.70. The van der Waals surface area contributed by atoms with Gasteiger partial charge in [0.15, 0.2) is 0 Å². The Balaban J connectivity index is 1.79. The van der Waals surface area contributed by atoms with Crippen LogP contribution in [0.1, 0.15) is 24.8 Å². The van der Waals surface area contributed by atoms with E-state index < -0.39 is 10.0 Å². The standard InChI is InChI=1S/C13H18ClNO3S/c14-12-5-3-11(4-6-12)10-19(16,17)15-8-7-13-2-1-9-18-13/h3-6,13,15H,1-2,7-10H2. The fraction of sp³-hybridized carbons (Fsp3) is 0.538. The van der Waals surface area contributed by atoms with Crippen LogP contribution in [0.2, 0.25) is 5.02 Å². The molecule has 1 N–H and O–H groups in total. The van der Waals surface area contributed by atoms with Crippen molar-refractivity contribution >= 4 is 21.6 Å². The van der Waals surface area contributed by atoms with Crippen molar-refractivity contribution in [3.05, 3.63) is 34.9 Å². The van der Waals surface area contributed by atoms with Crippen molar-refractivity contribution in [1.29, 1.82) is 0 Å². The molecule has 2 rings (SSSR count). The highest BCUT2D eigenvalue weighted by Gasteiger charge is 2.17. The molecule has 4 nitrogen and oxygen atoms in total. The number of halogens is 1. The minimum Gasteiger partial charge on any atom is -0.378 e. The zero-order valence-corrected chi connectivity index (χ0v) is 12.2. The number of hydrogen-bond donors (Lipinski definition) is 1. The molecule has 0 bridgehead atoms. The van der Waals surface area contributed by atoms with E-state index in [1.54, 1.807) is 24.3 Å². The van der Waals surface area contributed by atoms with Crippen LogP contribution in [0.3, 0.4) is 0 Å². The van der Waals surface area contributed by atoms with Crippen molar-refractivity contribution < 1.29 is 13.2 Å². The van der Waals surface area contributed by atoms with Gasteiger partial charge in [0.1, 0.15) is 0 Å². The summed E-state index contributed by atoms with van der Waals surface area (Å²) in [6.07, 6.45) is 3.04. The Morgan fingerprint density at radius 2 is 2.05 bits per heavy atom. The molecule has 0 aromatic heterocycles. The van der Waals surface area contributed by atoms with E-state index in [9.17, 15) is 8.42 Å². The van der Waals surface area contributed by atoms with Crippen LogP contribution in [0.25, 0.3) is 0 Å². The smallest absolute Gasteiger partial charge is 0.215 e. The Hall–Kier alpha value is -0.620. The van der Waals surface area contributed by atoms with Crippen LogP contribution in [0, 0.1) is 0 Å². The van der Waals surface area contributed by atoms with Crippen molar-refractivity contribution in [3.8, 4) is 0 Å². The number of nitrogens with one attached hydrogen (secondary N) is 1. The van der Waals surface area contributed by atoms with Gasteiger partial charge in [-0.1, -0.05) is 23.7 Å². The zero-order valence-electron chi connectivity index (χ0n) is 10.6. The minimum atomic E-state index is -3.29. The van der Waals surface area contributed by atoms with Gasteiger partial charge in [-0.2, -0.15) is 0 Å². The van der Waals surface area contributed by atoms with Gasteiger partial charge in [-0.25, -0.2) is 13.1 Å². The van der Waals surface area contributed by atoms with Crippen molar-refractivity contribution in [2.75, 3.05) is 13.2 Å². The molecule has 0 radical (unpaired) electrons. The highest BCUT2D eigenvalue weighted by molar-refractivity contribution is 7.88. The van der Waals surface area contributed by atoms with Crippen molar-refractivity contribution in [1.82, 2.24) is 4.72 Å². The van der Waals surface area contributed by atoms with Gasteiger partial charge in [0.25, 0.3) is 0 Å². The Morgan fingerprint density at radius 1 is 1.32 bits per heavy atom. The number of sulfonamides is 1. The summed E-state index contributed by atoms with van der Waals surface area (Å²) in [5.41, 5.74) is 0.731. The SMILES string of the molecule is O=S(=O)(Cc1ccc(Cl)cc1)NCCC1CCCO1. The lowest BCUT2D eigenvalue weighted by Gasteiger charge is -2.10. The molecule has 0 amide bonds. The van der Waals surface area contributed by atoms with Crippen LogP contribution in [0.4, 0.5) is 0 Å².